The molecule has 2 heterocycles. The van der Waals surface area contributed by atoms with Crippen LogP contribution in [-0.2, 0) is 19.6 Å². The number of hydrogen-bond acceptors (Lipinski definition) is 3. The van der Waals surface area contributed by atoms with E-state index in [-0.39, 0.29) is 0 Å². The fourth-order valence-electron chi connectivity index (χ4n) is 4.25. The second-order valence-electron chi connectivity index (χ2n) is 8.92. The lowest BCUT2D eigenvalue weighted by atomic mass is 10.1. The molecule has 172 valence electrons. The molecule has 0 N–H and O–H groups in total. The van der Waals surface area contributed by atoms with Crippen LogP contribution in [0.3, 0.4) is 0 Å². The molecule has 3 aromatic carbocycles. The molecular weight excluding hydrogens is 442 g/mol. The molecule has 0 saturated heterocycles. The zero-order chi connectivity index (χ0) is 23.5. The number of fused-ring (bicyclic) bond motifs is 2. The van der Waals surface area contributed by atoms with Gasteiger partial charge in [-0.05, 0) is 74.1 Å². The lowest BCUT2D eigenvalue weighted by Crippen LogP contribution is -2.14. The summed E-state index contributed by atoms with van der Waals surface area (Å²) >= 11 is 6.07. The van der Waals surface area contributed by atoms with Gasteiger partial charge in [-0.15, -0.1) is 0 Å². The van der Waals surface area contributed by atoms with Crippen LogP contribution < -0.4 is 4.74 Å². The Balaban J connectivity index is 1.41. The molecule has 0 amide bonds. The molecule has 4 nitrogen and oxygen atoms in total. The molecule has 0 unspecified atom stereocenters. The predicted octanol–water partition coefficient (Wildman–Crippen LogP) is 6.57. The highest BCUT2D eigenvalue weighted by molar-refractivity contribution is 6.30. The van der Waals surface area contributed by atoms with Gasteiger partial charge in [0.15, 0.2) is 0 Å². The molecule has 5 aromatic rings. The Kier molecular flexibility index (Phi) is 6.52. The van der Waals surface area contributed by atoms with Crippen molar-refractivity contribution in [3.8, 4) is 5.75 Å². The predicted molar refractivity (Wildman–Crippen MR) is 141 cm³/mol. The Morgan fingerprint density at radius 1 is 0.941 bits per heavy atom. The van der Waals surface area contributed by atoms with E-state index in [9.17, 15) is 0 Å². The minimum Gasteiger partial charge on any atom is -0.487 e. The zero-order valence-electron chi connectivity index (χ0n) is 19.5. The van der Waals surface area contributed by atoms with Crippen LogP contribution >= 0.6 is 11.6 Å². The molecule has 0 atom stereocenters. The van der Waals surface area contributed by atoms with Crippen molar-refractivity contribution in [1.29, 1.82) is 0 Å². The number of halogens is 1. The topological polar surface area (TPSA) is 30.3 Å². The van der Waals surface area contributed by atoms with Crippen LogP contribution in [0, 0.1) is 0 Å². The van der Waals surface area contributed by atoms with Crippen LogP contribution in [0.15, 0.2) is 85.1 Å². The summed E-state index contributed by atoms with van der Waals surface area (Å²) in [6.07, 6.45) is 3.25. The Bertz CT molecular complexity index is 1420. The van der Waals surface area contributed by atoms with Gasteiger partial charge in [0, 0.05) is 40.6 Å². The van der Waals surface area contributed by atoms with Crippen molar-refractivity contribution in [3.63, 3.8) is 0 Å². The maximum absolute atomic E-state index is 6.17. The molecule has 0 saturated carbocycles. The van der Waals surface area contributed by atoms with Crippen molar-refractivity contribution in [2.24, 2.45) is 0 Å². The third-order valence-corrected chi connectivity index (χ3v) is 6.32. The summed E-state index contributed by atoms with van der Waals surface area (Å²) in [6.45, 7) is 2.23. The van der Waals surface area contributed by atoms with Crippen molar-refractivity contribution in [3.05, 3.63) is 107 Å². The van der Waals surface area contributed by atoms with E-state index >= 15 is 0 Å². The Morgan fingerprint density at radius 2 is 1.76 bits per heavy atom. The fourth-order valence-corrected chi connectivity index (χ4v) is 4.37. The van der Waals surface area contributed by atoms with Gasteiger partial charge in [-0.25, -0.2) is 4.98 Å². The van der Waals surface area contributed by atoms with Crippen LogP contribution in [0.4, 0.5) is 0 Å². The van der Waals surface area contributed by atoms with E-state index in [4.69, 9.17) is 21.3 Å². The summed E-state index contributed by atoms with van der Waals surface area (Å²) < 4.78 is 8.49. The van der Waals surface area contributed by atoms with Crippen molar-refractivity contribution in [1.82, 2.24) is 14.5 Å². The van der Waals surface area contributed by atoms with E-state index in [1.165, 1.54) is 22.0 Å². The van der Waals surface area contributed by atoms with E-state index in [2.05, 4.69) is 72.2 Å². The van der Waals surface area contributed by atoms with Crippen LogP contribution in [0.2, 0.25) is 5.02 Å². The number of nitrogens with zero attached hydrogens (tertiary/aromatic N) is 3. The molecule has 0 spiro atoms. The van der Waals surface area contributed by atoms with Crippen molar-refractivity contribution in [2.75, 3.05) is 20.6 Å². The fraction of sp³-hybridized carbons (Fsp3) is 0.207. The second kappa shape index (κ2) is 9.88. The maximum atomic E-state index is 6.17. The number of rotatable bonds is 8. The summed E-state index contributed by atoms with van der Waals surface area (Å²) in [4.78, 5) is 6.95. The first-order valence-corrected chi connectivity index (χ1v) is 11.9. The Morgan fingerprint density at radius 3 is 2.59 bits per heavy atom. The first-order chi connectivity index (χ1) is 16.5. The molecule has 0 aliphatic rings. The minimum atomic E-state index is 0.439. The number of ether oxygens (including phenoxy) is 1. The zero-order valence-corrected chi connectivity index (χ0v) is 20.3. The summed E-state index contributed by atoms with van der Waals surface area (Å²) in [6, 6.07) is 26.7. The molecule has 0 aliphatic heterocycles. The van der Waals surface area contributed by atoms with E-state index in [1.54, 1.807) is 0 Å². The Labute approximate surface area is 205 Å². The summed E-state index contributed by atoms with van der Waals surface area (Å²) in [5, 5.41) is 3.13. The molecular formula is C29H28ClN3O. The van der Waals surface area contributed by atoms with E-state index in [0.717, 1.165) is 46.9 Å². The molecule has 0 radical (unpaired) electrons. The maximum Gasteiger partial charge on any atom is 0.130 e. The van der Waals surface area contributed by atoms with E-state index in [1.807, 2.05) is 36.4 Å². The number of hydrogen-bond donors (Lipinski definition) is 0. The highest BCUT2D eigenvalue weighted by atomic mass is 35.5. The first-order valence-electron chi connectivity index (χ1n) is 11.5. The quantitative estimate of drug-likeness (QED) is 0.257. The standard InChI is InChI=1S/C29H28ClN3O/c1-32(2)16-15-23-19-33(18-21-7-10-24(30)11-8-21)29-14-13-26(17-27(23)29)34-20-25-12-9-22-5-3-4-6-28(22)31-25/h3-14,17,19H,15-16,18,20H2,1-2H3. The highest BCUT2D eigenvalue weighted by Crippen LogP contribution is 2.28. The van der Waals surface area contributed by atoms with E-state index < -0.39 is 0 Å². The summed E-state index contributed by atoms with van der Waals surface area (Å²) in [7, 11) is 4.22. The summed E-state index contributed by atoms with van der Waals surface area (Å²) in [5.41, 5.74) is 5.67. The van der Waals surface area contributed by atoms with Crippen LogP contribution in [0.1, 0.15) is 16.8 Å². The van der Waals surface area contributed by atoms with Gasteiger partial charge >= 0.3 is 0 Å². The highest BCUT2D eigenvalue weighted by Gasteiger charge is 2.11. The lowest BCUT2D eigenvalue weighted by molar-refractivity contribution is 0.302. The van der Waals surface area contributed by atoms with Crippen LogP contribution in [0.5, 0.6) is 5.75 Å². The lowest BCUT2D eigenvalue weighted by Gasteiger charge is -2.10. The number of pyridine rings is 1. The SMILES string of the molecule is CN(C)CCc1cn(Cc2ccc(Cl)cc2)c2ccc(OCc3ccc4ccccc4n3)cc12. The van der Waals surface area contributed by atoms with Gasteiger partial charge in [-0.2, -0.15) is 0 Å². The second-order valence-corrected chi connectivity index (χ2v) is 9.36. The molecule has 5 rings (SSSR count). The van der Waals surface area contributed by atoms with Crippen molar-refractivity contribution in [2.45, 2.75) is 19.6 Å². The average molecular weight is 470 g/mol. The third kappa shape index (κ3) is 5.09. The minimum absolute atomic E-state index is 0.439. The monoisotopic (exact) mass is 469 g/mol. The molecule has 0 aliphatic carbocycles. The van der Waals surface area contributed by atoms with Crippen molar-refractivity contribution < 1.29 is 4.74 Å². The average Bonchev–Trinajstić information content (AvgIpc) is 3.19. The van der Waals surface area contributed by atoms with Gasteiger partial charge in [0.25, 0.3) is 0 Å². The normalized spacial score (nSPS) is 11.5. The van der Waals surface area contributed by atoms with Gasteiger partial charge in [0.2, 0.25) is 0 Å². The van der Waals surface area contributed by atoms with Gasteiger partial charge < -0.3 is 14.2 Å². The largest absolute Gasteiger partial charge is 0.487 e. The first kappa shape index (κ1) is 22.5. The van der Waals surface area contributed by atoms with Crippen LogP contribution in [0.25, 0.3) is 21.8 Å². The number of aromatic nitrogens is 2. The third-order valence-electron chi connectivity index (χ3n) is 6.07. The molecule has 34 heavy (non-hydrogen) atoms. The van der Waals surface area contributed by atoms with E-state index in [0.29, 0.717) is 6.61 Å². The van der Waals surface area contributed by atoms with Gasteiger partial charge in [0.05, 0.1) is 11.2 Å². The van der Waals surface area contributed by atoms with Gasteiger partial charge in [0.1, 0.15) is 12.4 Å². The number of benzene rings is 3. The molecule has 0 fully saturated rings. The smallest absolute Gasteiger partial charge is 0.130 e. The van der Waals surface area contributed by atoms with Gasteiger partial charge in [-0.1, -0.05) is 48.0 Å². The Hall–Kier alpha value is -3.34. The molecule has 2 aromatic heterocycles. The summed E-state index contributed by atoms with van der Waals surface area (Å²) in [5.74, 6) is 0.859. The van der Waals surface area contributed by atoms with Crippen molar-refractivity contribution >= 4 is 33.4 Å². The number of para-hydroxylation sites is 1. The van der Waals surface area contributed by atoms with Gasteiger partial charge in [-0.3, -0.25) is 0 Å². The number of likely N-dealkylation sites (N-methyl/N-ethyl adjacent to an activating group) is 1. The molecule has 5 heteroatoms. The van der Waals surface area contributed by atoms with Crippen LogP contribution in [-0.4, -0.2) is 35.1 Å². The molecule has 0 bridgehead atoms.